The van der Waals surface area contributed by atoms with Crippen molar-refractivity contribution in [2.24, 2.45) is 5.92 Å². The minimum atomic E-state index is 0.472. The van der Waals surface area contributed by atoms with E-state index < -0.39 is 0 Å². The van der Waals surface area contributed by atoms with E-state index in [4.69, 9.17) is 0 Å². The van der Waals surface area contributed by atoms with E-state index in [1.54, 1.807) is 0 Å². The molecule has 3 heteroatoms. The van der Waals surface area contributed by atoms with Crippen molar-refractivity contribution in [3.05, 3.63) is 20.8 Å². The summed E-state index contributed by atoms with van der Waals surface area (Å²) in [6, 6.07) is 2.26. The molecule has 1 aliphatic rings. The van der Waals surface area contributed by atoms with Gasteiger partial charge in [0.1, 0.15) is 0 Å². The second-order valence-electron chi connectivity index (χ2n) is 3.60. The maximum Gasteiger partial charge on any atom is 0.0285 e. The van der Waals surface area contributed by atoms with Crippen molar-refractivity contribution in [2.45, 2.75) is 18.8 Å². The lowest BCUT2D eigenvalue weighted by Gasteiger charge is -2.05. The minimum absolute atomic E-state index is 0.472. The zero-order chi connectivity index (χ0) is 8.77. The van der Waals surface area contributed by atoms with Gasteiger partial charge in [-0.05, 0) is 34.3 Å². The van der Waals surface area contributed by atoms with E-state index in [2.05, 4.69) is 50.2 Å². The molecule has 0 saturated heterocycles. The van der Waals surface area contributed by atoms with Crippen molar-refractivity contribution in [1.29, 1.82) is 0 Å². The van der Waals surface area contributed by atoms with Gasteiger partial charge in [-0.1, -0.05) is 22.9 Å². The fourth-order valence-electron chi connectivity index (χ4n) is 1.59. The van der Waals surface area contributed by atoms with Crippen LogP contribution in [0.15, 0.2) is 15.9 Å². The third-order valence-corrected chi connectivity index (χ3v) is 5.48. The van der Waals surface area contributed by atoms with Gasteiger partial charge in [0.2, 0.25) is 0 Å². The molecule has 0 amide bonds. The van der Waals surface area contributed by atoms with Crippen LogP contribution in [0.5, 0.6) is 0 Å². The molecular formula is C9H10Br2S. The Balaban J connectivity index is 2.22. The standard InChI is InChI=1S/C9H10Br2S/c1-9(3-6(9)4-10)8-2-7(11)5-12-8/h2,5-6H,3-4H2,1H3. The monoisotopic (exact) mass is 308 g/mol. The van der Waals surface area contributed by atoms with Gasteiger partial charge < -0.3 is 0 Å². The second kappa shape index (κ2) is 3.10. The zero-order valence-electron chi connectivity index (χ0n) is 6.81. The molecule has 0 aromatic carbocycles. The predicted octanol–water partition coefficient (Wildman–Crippen LogP) is 4.18. The highest BCUT2D eigenvalue weighted by Gasteiger charge is 2.51. The number of hydrogen-bond acceptors (Lipinski definition) is 1. The third-order valence-electron chi connectivity index (χ3n) is 2.73. The van der Waals surface area contributed by atoms with Crippen LogP contribution in [-0.4, -0.2) is 5.33 Å². The molecule has 1 saturated carbocycles. The zero-order valence-corrected chi connectivity index (χ0v) is 10.8. The summed E-state index contributed by atoms with van der Waals surface area (Å²) in [4.78, 5) is 1.53. The first-order valence-corrected chi connectivity index (χ1v) is 6.76. The van der Waals surface area contributed by atoms with Gasteiger partial charge in [0.05, 0.1) is 0 Å². The molecule has 12 heavy (non-hydrogen) atoms. The van der Waals surface area contributed by atoms with Crippen LogP contribution in [0.4, 0.5) is 0 Å². The number of thiophene rings is 1. The molecule has 1 fully saturated rings. The molecule has 2 atom stereocenters. The Kier molecular flexibility index (Phi) is 2.39. The molecule has 0 nitrogen and oxygen atoms in total. The molecule has 1 aliphatic carbocycles. The Hall–Kier alpha value is 0.660. The highest BCUT2D eigenvalue weighted by atomic mass is 79.9. The second-order valence-corrected chi connectivity index (χ2v) is 6.08. The fourth-order valence-corrected chi connectivity index (χ4v) is 4.22. The average molecular weight is 310 g/mol. The maximum absolute atomic E-state index is 3.55. The highest BCUT2D eigenvalue weighted by molar-refractivity contribution is 9.10. The lowest BCUT2D eigenvalue weighted by molar-refractivity contribution is 0.725. The summed E-state index contributed by atoms with van der Waals surface area (Å²) in [5.74, 6) is 0.850. The van der Waals surface area contributed by atoms with E-state index >= 15 is 0 Å². The first-order valence-electron chi connectivity index (χ1n) is 3.97. The van der Waals surface area contributed by atoms with E-state index in [0.717, 1.165) is 11.2 Å². The Morgan fingerprint density at radius 3 is 2.92 bits per heavy atom. The normalized spacial score (nSPS) is 33.8. The number of halogens is 2. The molecule has 0 N–H and O–H groups in total. The smallest absolute Gasteiger partial charge is 0.0285 e. The van der Waals surface area contributed by atoms with Crippen molar-refractivity contribution in [3.63, 3.8) is 0 Å². The number of hydrogen-bond donors (Lipinski definition) is 0. The quantitative estimate of drug-likeness (QED) is 0.719. The maximum atomic E-state index is 3.55. The Morgan fingerprint density at radius 2 is 2.50 bits per heavy atom. The van der Waals surface area contributed by atoms with Gasteiger partial charge >= 0.3 is 0 Å². The minimum Gasteiger partial charge on any atom is -0.147 e. The molecule has 0 bridgehead atoms. The van der Waals surface area contributed by atoms with Gasteiger partial charge in [-0.25, -0.2) is 0 Å². The van der Waals surface area contributed by atoms with Crippen molar-refractivity contribution in [2.75, 3.05) is 5.33 Å². The van der Waals surface area contributed by atoms with Crippen molar-refractivity contribution in [3.8, 4) is 0 Å². The predicted molar refractivity (Wildman–Crippen MR) is 61.3 cm³/mol. The van der Waals surface area contributed by atoms with Gasteiger partial charge in [0, 0.05) is 25.5 Å². The van der Waals surface area contributed by atoms with E-state index in [1.807, 2.05) is 11.3 Å². The van der Waals surface area contributed by atoms with E-state index in [0.29, 0.717) is 5.41 Å². The van der Waals surface area contributed by atoms with Crippen molar-refractivity contribution < 1.29 is 0 Å². The van der Waals surface area contributed by atoms with Crippen LogP contribution >= 0.6 is 43.2 Å². The van der Waals surface area contributed by atoms with Gasteiger partial charge in [-0.2, -0.15) is 0 Å². The summed E-state index contributed by atoms with van der Waals surface area (Å²) >= 11 is 8.91. The molecule has 1 aromatic rings. The summed E-state index contributed by atoms with van der Waals surface area (Å²) in [6.45, 7) is 2.36. The van der Waals surface area contributed by atoms with Crippen LogP contribution in [0.3, 0.4) is 0 Å². The van der Waals surface area contributed by atoms with E-state index in [9.17, 15) is 0 Å². The summed E-state index contributed by atoms with van der Waals surface area (Å²) in [5.41, 5.74) is 0.472. The Bertz CT molecular complexity index is 294. The van der Waals surface area contributed by atoms with Crippen LogP contribution in [0.2, 0.25) is 0 Å². The van der Waals surface area contributed by atoms with Crippen molar-refractivity contribution in [1.82, 2.24) is 0 Å². The average Bonchev–Trinajstić information content (AvgIpc) is 2.50. The van der Waals surface area contributed by atoms with Crippen LogP contribution in [0.25, 0.3) is 0 Å². The topological polar surface area (TPSA) is 0 Å². The SMILES string of the molecule is CC1(c2cc(Br)cs2)CC1CBr. The molecule has 0 spiro atoms. The van der Waals surface area contributed by atoms with Gasteiger partial charge in [-0.15, -0.1) is 11.3 Å². The largest absolute Gasteiger partial charge is 0.147 e. The first kappa shape index (κ1) is 9.22. The molecular weight excluding hydrogens is 300 g/mol. The Morgan fingerprint density at radius 1 is 1.75 bits per heavy atom. The van der Waals surface area contributed by atoms with E-state index in [1.165, 1.54) is 15.8 Å². The molecule has 2 unspecified atom stereocenters. The molecule has 1 aromatic heterocycles. The number of rotatable bonds is 2. The summed E-state index contributed by atoms with van der Waals surface area (Å²) in [7, 11) is 0. The molecule has 1 heterocycles. The summed E-state index contributed by atoms with van der Waals surface area (Å²) in [6.07, 6.45) is 1.34. The molecule has 66 valence electrons. The highest BCUT2D eigenvalue weighted by Crippen LogP contribution is 2.56. The number of alkyl halides is 1. The first-order chi connectivity index (χ1) is 5.66. The lowest BCUT2D eigenvalue weighted by Crippen LogP contribution is -2.01. The summed E-state index contributed by atoms with van der Waals surface area (Å²) in [5, 5.41) is 3.31. The van der Waals surface area contributed by atoms with Crippen LogP contribution in [0.1, 0.15) is 18.2 Å². The van der Waals surface area contributed by atoms with Gasteiger partial charge in [0.25, 0.3) is 0 Å². The molecule has 0 radical (unpaired) electrons. The van der Waals surface area contributed by atoms with Crippen LogP contribution < -0.4 is 0 Å². The van der Waals surface area contributed by atoms with Crippen LogP contribution in [-0.2, 0) is 5.41 Å². The molecule has 0 aliphatic heterocycles. The third kappa shape index (κ3) is 1.40. The fraction of sp³-hybridized carbons (Fsp3) is 0.556. The van der Waals surface area contributed by atoms with Crippen LogP contribution in [0, 0.1) is 5.92 Å². The summed E-state index contributed by atoms with van der Waals surface area (Å²) < 4.78 is 1.23. The molecule has 2 rings (SSSR count). The lowest BCUT2D eigenvalue weighted by atomic mass is 10.1. The van der Waals surface area contributed by atoms with Crippen molar-refractivity contribution >= 4 is 43.2 Å². The van der Waals surface area contributed by atoms with E-state index in [-0.39, 0.29) is 0 Å². The Labute approximate surface area is 93.6 Å². The van der Waals surface area contributed by atoms with Gasteiger partial charge in [-0.3, -0.25) is 0 Å². The van der Waals surface area contributed by atoms with Gasteiger partial charge in [0.15, 0.2) is 0 Å².